The highest BCUT2D eigenvalue weighted by atomic mass is 16.6. The summed E-state index contributed by atoms with van der Waals surface area (Å²) >= 11 is 0. The molecule has 3 aromatic rings. The summed E-state index contributed by atoms with van der Waals surface area (Å²) in [5.41, 5.74) is 3.86. The first-order valence-corrected chi connectivity index (χ1v) is 26.4. The molecule has 3 aromatic carbocycles. The summed E-state index contributed by atoms with van der Waals surface area (Å²) in [6.45, 7) is 2.15. The van der Waals surface area contributed by atoms with Crippen LogP contribution in [0.5, 0.6) is 11.5 Å². The Bertz CT molecular complexity index is 2660. The molecule has 3 saturated carbocycles. The number of hydrogen-bond acceptors (Lipinski definition) is 12. The fourth-order valence-electron chi connectivity index (χ4n) is 13.8. The second kappa shape index (κ2) is 20.7. The van der Waals surface area contributed by atoms with Gasteiger partial charge in [0.05, 0.1) is 30.7 Å². The van der Waals surface area contributed by atoms with Crippen LogP contribution in [-0.2, 0) is 38.4 Å². The van der Waals surface area contributed by atoms with Crippen LogP contribution in [-0.4, -0.2) is 87.3 Å². The van der Waals surface area contributed by atoms with Crippen molar-refractivity contribution in [3.05, 3.63) is 111 Å². The zero-order chi connectivity index (χ0) is 49.6. The molecule has 7 N–H and O–H groups in total. The summed E-state index contributed by atoms with van der Waals surface area (Å²) < 4.78 is 13.1. The maximum Gasteiger partial charge on any atom is 0.334 e. The van der Waals surface area contributed by atoms with E-state index in [0.29, 0.717) is 64.9 Å². The number of allylic oxidation sites excluding steroid dienone is 2. The topological polar surface area (TPSA) is 195 Å². The molecule has 3 fully saturated rings. The number of fused-ring (bicyclic) bond motifs is 9. The van der Waals surface area contributed by atoms with E-state index in [1.165, 1.54) is 0 Å². The number of likely N-dealkylation sites (N-methyl/N-ethyl adjacent to an activating group) is 1. The smallest absolute Gasteiger partial charge is 0.334 e. The number of benzene rings is 3. The monoisotopic (exact) mass is 967 g/mol. The number of ketones is 1. The van der Waals surface area contributed by atoms with Crippen molar-refractivity contribution >= 4 is 23.4 Å². The molecule has 0 amide bonds. The SMILES string of the molecule is CNCC(O)c1cc(NCC(C)O)cc(C2C#CC3CC(=O)Oc4c3cc(c(O)c4C3CCCCC3)CC3OC(=O)C(=CC(O)Cc4cccc(c4)CC4C(=O)CCC5C4CC4C=CCCC4C35O)C2)c1. The number of Topliss-reactive ketones (excluding diaryl/α,β-unsaturated/α-hetero) is 1. The highest BCUT2D eigenvalue weighted by molar-refractivity contribution is 5.89. The number of aromatic hydroxyl groups is 1. The minimum Gasteiger partial charge on any atom is -0.507 e. The lowest BCUT2D eigenvalue weighted by Crippen LogP contribution is -2.65. The number of hydrogen-bond donors (Lipinski definition) is 7. The lowest BCUT2D eigenvalue weighted by Gasteiger charge is -2.58. The van der Waals surface area contributed by atoms with Gasteiger partial charge in [0, 0.05) is 66.6 Å². The number of esters is 2. The molecule has 12 heteroatoms. The highest BCUT2D eigenvalue weighted by Crippen LogP contribution is 2.58. The molecular weight excluding hydrogens is 897 g/mol. The van der Waals surface area contributed by atoms with Crippen LogP contribution >= 0.6 is 0 Å². The molecular formula is C59H70N2O10. The Labute approximate surface area is 417 Å². The molecule has 376 valence electrons. The quantitative estimate of drug-likeness (QED) is 0.0509. The first-order chi connectivity index (χ1) is 34.3. The molecule has 10 bridgehead atoms. The van der Waals surface area contributed by atoms with Crippen molar-refractivity contribution in [2.75, 3.05) is 25.5 Å². The number of nitrogens with one attached hydrogen (secondary N) is 2. The van der Waals surface area contributed by atoms with Gasteiger partial charge in [-0.1, -0.05) is 73.6 Å². The summed E-state index contributed by atoms with van der Waals surface area (Å²) in [6, 6.07) is 15.4. The number of phenolic OH excluding ortho intramolecular Hbond substituents is 1. The van der Waals surface area contributed by atoms with E-state index in [1.807, 2.05) is 48.5 Å². The summed E-state index contributed by atoms with van der Waals surface area (Å²) in [6.07, 6.45) is 9.77. The van der Waals surface area contributed by atoms with E-state index >= 15 is 4.79 Å². The van der Waals surface area contributed by atoms with Crippen molar-refractivity contribution in [3.8, 4) is 23.3 Å². The molecule has 12 nitrogen and oxygen atoms in total. The van der Waals surface area contributed by atoms with E-state index in [9.17, 15) is 35.1 Å². The summed E-state index contributed by atoms with van der Waals surface area (Å²) in [5.74, 6) is 3.29. The molecule has 0 spiro atoms. The molecule has 12 unspecified atom stereocenters. The predicted molar refractivity (Wildman–Crippen MR) is 269 cm³/mol. The Hall–Kier alpha value is -5.29. The number of ether oxygens (including phenoxy) is 2. The average molecular weight is 967 g/mol. The van der Waals surface area contributed by atoms with Crippen LogP contribution in [0.25, 0.3) is 0 Å². The van der Waals surface area contributed by atoms with E-state index < -0.39 is 59.7 Å². The first kappa shape index (κ1) is 49.3. The molecule has 3 heterocycles. The molecule has 7 aliphatic rings. The summed E-state index contributed by atoms with van der Waals surface area (Å²) in [5, 5.41) is 67.1. The molecule has 0 saturated heterocycles. The van der Waals surface area contributed by atoms with Crippen LogP contribution < -0.4 is 15.4 Å². The van der Waals surface area contributed by atoms with Crippen LogP contribution in [0.4, 0.5) is 5.69 Å². The Morgan fingerprint density at radius 1 is 0.873 bits per heavy atom. The third-order valence-corrected chi connectivity index (χ3v) is 17.1. The Balaban J connectivity index is 1.22. The van der Waals surface area contributed by atoms with Gasteiger partial charge in [-0.2, -0.15) is 0 Å². The zero-order valence-electron chi connectivity index (χ0n) is 41.1. The third kappa shape index (κ3) is 9.98. The number of aliphatic hydroxyl groups excluding tert-OH is 3. The van der Waals surface area contributed by atoms with Crippen LogP contribution in [0, 0.1) is 41.4 Å². The summed E-state index contributed by atoms with van der Waals surface area (Å²) in [7, 11) is 1.75. The number of aliphatic hydroxyl groups is 4. The van der Waals surface area contributed by atoms with E-state index in [4.69, 9.17) is 9.47 Å². The van der Waals surface area contributed by atoms with Gasteiger partial charge in [-0.25, -0.2) is 4.79 Å². The lowest BCUT2D eigenvalue weighted by molar-refractivity contribution is -0.221. The average Bonchev–Trinajstić information content (AvgIpc) is 3.36. The normalized spacial score (nSPS) is 31.5. The van der Waals surface area contributed by atoms with Crippen molar-refractivity contribution in [1.82, 2.24) is 5.32 Å². The molecule has 0 aromatic heterocycles. The fraction of sp³-hybridized carbons (Fsp3) is 0.542. The standard InChI is InChI=1S/C59H70N2O10/c1-33(62)31-61-44-24-40(23-41(25-44)52(65)32-60-2)37-15-16-38-30-54(66)71-57-46(38)28-42(56(67)55(57)36-11-4-3-5-12-36)29-53-59(69)49-14-7-6-13-39(49)27-47-48(51(64)18-17-50(47)59)21-35-10-8-9-34(19-35)20-45(63)26-43(22-37)58(68)70-53/h6,8-10,13,19,23-26,28,33,36-39,45,47-50,52-53,60-63,65,67,69H,3-5,7,11-12,14,17-18,20-22,27,29-32H2,1-2H3. The maximum absolute atomic E-state index is 15.6. The maximum atomic E-state index is 15.6. The Morgan fingerprint density at radius 2 is 1.66 bits per heavy atom. The fourth-order valence-corrected chi connectivity index (χ4v) is 13.8. The summed E-state index contributed by atoms with van der Waals surface area (Å²) in [4.78, 5) is 43.7. The lowest BCUT2D eigenvalue weighted by atomic mass is 9.49. The minimum absolute atomic E-state index is 0.0240. The molecule has 10 rings (SSSR count). The molecule has 4 aliphatic carbocycles. The van der Waals surface area contributed by atoms with Gasteiger partial charge in [-0.15, -0.1) is 0 Å². The number of phenols is 1. The van der Waals surface area contributed by atoms with Crippen LogP contribution in [0.15, 0.2) is 72.3 Å². The van der Waals surface area contributed by atoms with Crippen molar-refractivity contribution in [1.29, 1.82) is 0 Å². The largest absolute Gasteiger partial charge is 0.507 e. The Morgan fingerprint density at radius 3 is 2.45 bits per heavy atom. The number of carbonyl (C=O) groups is 3. The van der Waals surface area contributed by atoms with Gasteiger partial charge in [0.15, 0.2) is 0 Å². The van der Waals surface area contributed by atoms with E-state index in [2.05, 4.69) is 34.6 Å². The number of rotatable bonds is 8. The van der Waals surface area contributed by atoms with Crippen molar-refractivity contribution in [2.24, 2.45) is 29.6 Å². The van der Waals surface area contributed by atoms with Gasteiger partial charge >= 0.3 is 11.9 Å². The number of anilines is 1. The number of carbonyl (C=O) groups excluding carboxylic acids is 3. The van der Waals surface area contributed by atoms with Gasteiger partial charge in [0.2, 0.25) is 0 Å². The van der Waals surface area contributed by atoms with Crippen molar-refractivity contribution in [2.45, 2.75) is 151 Å². The van der Waals surface area contributed by atoms with Gasteiger partial charge in [-0.05, 0) is 147 Å². The van der Waals surface area contributed by atoms with Crippen LogP contribution in [0.1, 0.15) is 147 Å². The Kier molecular flexibility index (Phi) is 14.4. The van der Waals surface area contributed by atoms with E-state index in [-0.39, 0.29) is 91.9 Å². The third-order valence-electron chi connectivity index (χ3n) is 17.1. The molecule has 0 radical (unpaired) electrons. The first-order valence-electron chi connectivity index (χ1n) is 26.4. The van der Waals surface area contributed by atoms with Gasteiger partial charge in [0.1, 0.15) is 29.0 Å². The van der Waals surface area contributed by atoms with E-state index in [1.54, 1.807) is 20.0 Å². The van der Waals surface area contributed by atoms with Gasteiger partial charge < -0.3 is 45.6 Å². The predicted octanol–water partition coefficient (Wildman–Crippen LogP) is 7.54. The molecule has 3 aliphatic heterocycles. The second-order valence-electron chi connectivity index (χ2n) is 21.9. The van der Waals surface area contributed by atoms with Crippen LogP contribution in [0.2, 0.25) is 0 Å². The van der Waals surface area contributed by atoms with Gasteiger partial charge in [-0.3, -0.25) is 9.59 Å². The van der Waals surface area contributed by atoms with Gasteiger partial charge in [0.25, 0.3) is 0 Å². The van der Waals surface area contributed by atoms with Crippen LogP contribution in [0.3, 0.4) is 0 Å². The highest BCUT2D eigenvalue weighted by Gasteiger charge is 2.62. The van der Waals surface area contributed by atoms with Crippen molar-refractivity contribution in [3.63, 3.8) is 0 Å². The van der Waals surface area contributed by atoms with Crippen molar-refractivity contribution < 1.29 is 49.4 Å². The van der Waals surface area contributed by atoms with E-state index in [0.717, 1.165) is 49.7 Å². The molecule has 71 heavy (non-hydrogen) atoms. The minimum atomic E-state index is -1.64. The second-order valence-corrected chi connectivity index (χ2v) is 21.9. The zero-order valence-corrected chi connectivity index (χ0v) is 41.1. The molecule has 12 atom stereocenters.